The van der Waals surface area contributed by atoms with Crippen molar-refractivity contribution in [3.63, 3.8) is 0 Å². The van der Waals surface area contributed by atoms with Gasteiger partial charge in [-0.25, -0.2) is 4.39 Å². The molecule has 1 aromatic carbocycles. The van der Waals surface area contributed by atoms with Gasteiger partial charge in [-0.05, 0) is 61.0 Å². The van der Waals surface area contributed by atoms with Crippen LogP contribution < -0.4 is 5.32 Å². The standard InChI is InChI=1S/C17H19BrFN3O/c1-4-22(11(2)3)17(23)13-9-12(19)5-6-15(13)21-16-10-20-8-7-14(16)18/h5-11,21H,4H2,1-3H3. The second-order valence-corrected chi connectivity index (χ2v) is 6.21. The van der Waals surface area contributed by atoms with Gasteiger partial charge in [-0.3, -0.25) is 9.78 Å². The van der Waals surface area contributed by atoms with Gasteiger partial charge in [0, 0.05) is 23.3 Å². The van der Waals surface area contributed by atoms with E-state index in [1.165, 1.54) is 12.1 Å². The molecule has 0 unspecified atom stereocenters. The van der Waals surface area contributed by atoms with Crippen molar-refractivity contribution in [2.24, 2.45) is 0 Å². The number of amides is 1. The van der Waals surface area contributed by atoms with Crippen LogP contribution in [0.4, 0.5) is 15.8 Å². The van der Waals surface area contributed by atoms with Crippen molar-refractivity contribution in [3.05, 3.63) is 52.5 Å². The lowest BCUT2D eigenvalue weighted by atomic mass is 10.1. The number of anilines is 2. The minimum Gasteiger partial charge on any atom is -0.353 e. The number of benzene rings is 1. The first-order valence-electron chi connectivity index (χ1n) is 7.41. The Morgan fingerprint density at radius 1 is 1.35 bits per heavy atom. The minimum atomic E-state index is -0.441. The highest BCUT2D eigenvalue weighted by molar-refractivity contribution is 9.10. The number of carbonyl (C=O) groups excluding carboxylic acids is 1. The van der Waals surface area contributed by atoms with Crippen LogP contribution in [0.3, 0.4) is 0 Å². The predicted octanol–water partition coefficient (Wildman–Crippen LogP) is 4.60. The molecule has 1 amide bonds. The number of nitrogens with one attached hydrogen (secondary N) is 1. The second kappa shape index (κ2) is 7.55. The van der Waals surface area contributed by atoms with E-state index >= 15 is 0 Å². The van der Waals surface area contributed by atoms with E-state index in [1.807, 2.05) is 20.8 Å². The van der Waals surface area contributed by atoms with Gasteiger partial charge in [0.05, 0.1) is 23.1 Å². The monoisotopic (exact) mass is 379 g/mol. The summed E-state index contributed by atoms with van der Waals surface area (Å²) in [5.41, 5.74) is 1.56. The Balaban J connectivity index is 2.42. The summed E-state index contributed by atoms with van der Waals surface area (Å²) in [6.07, 6.45) is 3.30. The fourth-order valence-corrected chi connectivity index (χ4v) is 2.63. The van der Waals surface area contributed by atoms with E-state index in [9.17, 15) is 9.18 Å². The topological polar surface area (TPSA) is 45.2 Å². The van der Waals surface area contributed by atoms with E-state index in [0.717, 1.165) is 4.47 Å². The molecule has 6 heteroatoms. The maximum absolute atomic E-state index is 13.7. The molecule has 1 heterocycles. The van der Waals surface area contributed by atoms with Gasteiger partial charge in [0.2, 0.25) is 0 Å². The van der Waals surface area contributed by atoms with Crippen LogP contribution in [0, 0.1) is 5.82 Å². The zero-order valence-corrected chi connectivity index (χ0v) is 14.9. The van der Waals surface area contributed by atoms with Gasteiger partial charge in [-0.1, -0.05) is 0 Å². The van der Waals surface area contributed by atoms with Crippen LogP contribution in [0.1, 0.15) is 31.1 Å². The van der Waals surface area contributed by atoms with Crippen LogP contribution in [0.25, 0.3) is 0 Å². The number of aromatic nitrogens is 1. The molecule has 0 atom stereocenters. The second-order valence-electron chi connectivity index (χ2n) is 5.36. The first kappa shape index (κ1) is 17.4. The summed E-state index contributed by atoms with van der Waals surface area (Å²) in [5.74, 6) is -0.645. The molecule has 4 nitrogen and oxygen atoms in total. The molecular weight excluding hydrogens is 361 g/mol. The van der Waals surface area contributed by atoms with Gasteiger partial charge in [0.15, 0.2) is 0 Å². The van der Waals surface area contributed by atoms with E-state index in [0.29, 0.717) is 23.5 Å². The van der Waals surface area contributed by atoms with Gasteiger partial charge >= 0.3 is 0 Å². The largest absolute Gasteiger partial charge is 0.353 e. The molecule has 0 bridgehead atoms. The van der Waals surface area contributed by atoms with Crippen molar-refractivity contribution in [1.82, 2.24) is 9.88 Å². The van der Waals surface area contributed by atoms with E-state index in [2.05, 4.69) is 26.2 Å². The third-order valence-electron chi connectivity index (χ3n) is 3.47. The van der Waals surface area contributed by atoms with Crippen molar-refractivity contribution in [2.75, 3.05) is 11.9 Å². The smallest absolute Gasteiger partial charge is 0.256 e. The Morgan fingerprint density at radius 3 is 2.70 bits per heavy atom. The molecule has 0 aliphatic heterocycles. The molecule has 1 N–H and O–H groups in total. The lowest BCUT2D eigenvalue weighted by Gasteiger charge is -2.26. The highest BCUT2D eigenvalue weighted by Crippen LogP contribution is 2.28. The van der Waals surface area contributed by atoms with Gasteiger partial charge in [0.1, 0.15) is 5.82 Å². The van der Waals surface area contributed by atoms with Crippen molar-refractivity contribution in [2.45, 2.75) is 26.8 Å². The minimum absolute atomic E-state index is 0.0359. The van der Waals surface area contributed by atoms with Gasteiger partial charge < -0.3 is 10.2 Å². The van der Waals surface area contributed by atoms with Gasteiger partial charge in [0.25, 0.3) is 5.91 Å². The highest BCUT2D eigenvalue weighted by Gasteiger charge is 2.21. The molecular formula is C17H19BrFN3O. The molecule has 122 valence electrons. The molecule has 2 rings (SSSR count). The summed E-state index contributed by atoms with van der Waals surface area (Å²) in [7, 11) is 0. The zero-order valence-electron chi connectivity index (χ0n) is 13.3. The Kier molecular flexibility index (Phi) is 5.71. The lowest BCUT2D eigenvalue weighted by Crippen LogP contribution is -2.37. The van der Waals surface area contributed by atoms with Crippen molar-refractivity contribution < 1.29 is 9.18 Å². The fraction of sp³-hybridized carbons (Fsp3) is 0.294. The maximum Gasteiger partial charge on any atom is 0.256 e. The molecule has 1 aromatic heterocycles. The highest BCUT2D eigenvalue weighted by atomic mass is 79.9. The third kappa shape index (κ3) is 4.07. The maximum atomic E-state index is 13.7. The average Bonchev–Trinajstić information content (AvgIpc) is 2.51. The molecule has 0 aliphatic rings. The van der Waals surface area contributed by atoms with Crippen LogP contribution >= 0.6 is 15.9 Å². The van der Waals surface area contributed by atoms with E-state index in [-0.39, 0.29) is 11.9 Å². The third-order valence-corrected chi connectivity index (χ3v) is 4.17. The molecule has 0 fully saturated rings. The summed E-state index contributed by atoms with van der Waals surface area (Å²) in [6.45, 7) is 6.34. The fourth-order valence-electron chi connectivity index (χ4n) is 2.31. The van der Waals surface area contributed by atoms with Crippen LogP contribution in [0.5, 0.6) is 0 Å². The SMILES string of the molecule is CCN(C(=O)c1cc(F)ccc1Nc1cnccc1Br)C(C)C. The Labute approximate surface area is 143 Å². The molecule has 0 radical (unpaired) electrons. The zero-order chi connectivity index (χ0) is 17.0. The summed E-state index contributed by atoms with van der Waals surface area (Å²) < 4.78 is 14.5. The van der Waals surface area contributed by atoms with Gasteiger partial charge in [-0.15, -0.1) is 0 Å². The van der Waals surface area contributed by atoms with Crippen LogP contribution in [-0.4, -0.2) is 28.4 Å². The number of hydrogen-bond acceptors (Lipinski definition) is 3. The molecule has 23 heavy (non-hydrogen) atoms. The van der Waals surface area contributed by atoms with Crippen LogP contribution in [-0.2, 0) is 0 Å². The number of nitrogens with zero attached hydrogens (tertiary/aromatic N) is 2. The van der Waals surface area contributed by atoms with Crippen molar-refractivity contribution in [3.8, 4) is 0 Å². The van der Waals surface area contributed by atoms with E-state index in [1.54, 1.807) is 29.4 Å². The average molecular weight is 380 g/mol. The van der Waals surface area contributed by atoms with Gasteiger partial charge in [-0.2, -0.15) is 0 Å². The summed E-state index contributed by atoms with van der Waals surface area (Å²) >= 11 is 3.42. The molecule has 0 aliphatic carbocycles. The summed E-state index contributed by atoms with van der Waals surface area (Å²) in [4.78, 5) is 18.5. The van der Waals surface area contributed by atoms with Crippen molar-refractivity contribution in [1.29, 1.82) is 0 Å². The number of pyridine rings is 1. The van der Waals surface area contributed by atoms with Crippen LogP contribution in [0.15, 0.2) is 41.1 Å². The Bertz CT molecular complexity index is 706. The first-order chi connectivity index (χ1) is 10.9. The molecule has 0 saturated heterocycles. The lowest BCUT2D eigenvalue weighted by molar-refractivity contribution is 0.0717. The number of hydrogen-bond donors (Lipinski definition) is 1. The quantitative estimate of drug-likeness (QED) is 0.825. The van der Waals surface area contributed by atoms with Crippen LogP contribution in [0.2, 0.25) is 0 Å². The first-order valence-corrected chi connectivity index (χ1v) is 8.20. The summed E-state index contributed by atoms with van der Waals surface area (Å²) in [5, 5.41) is 3.14. The molecule has 0 spiro atoms. The Morgan fingerprint density at radius 2 is 2.09 bits per heavy atom. The summed E-state index contributed by atoms with van der Waals surface area (Å²) in [6, 6.07) is 5.99. The normalized spacial score (nSPS) is 10.7. The predicted molar refractivity (Wildman–Crippen MR) is 93.5 cm³/mol. The number of rotatable bonds is 5. The number of halogens is 2. The molecule has 0 saturated carbocycles. The van der Waals surface area contributed by atoms with E-state index < -0.39 is 5.82 Å². The number of carbonyl (C=O) groups is 1. The molecule has 2 aromatic rings. The van der Waals surface area contributed by atoms with Crippen molar-refractivity contribution >= 4 is 33.2 Å². The Hall–Kier alpha value is -1.95. The van der Waals surface area contributed by atoms with E-state index in [4.69, 9.17) is 0 Å².